The van der Waals surface area contributed by atoms with E-state index in [0.717, 1.165) is 0 Å². The van der Waals surface area contributed by atoms with Gasteiger partial charge in [-0.05, 0) is 32.9 Å². The molecule has 0 heterocycles. The van der Waals surface area contributed by atoms with Crippen LogP contribution in [0.5, 0.6) is 5.75 Å². The zero-order valence-corrected chi connectivity index (χ0v) is 14.6. The van der Waals surface area contributed by atoms with Gasteiger partial charge >= 0.3 is 0 Å². The lowest BCUT2D eigenvalue weighted by Gasteiger charge is -2.21. The van der Waals surface area contributed by atoms with Gasteiger partial charge in [-0.3, -0.25) is 4.72 Å². The van der Waals surface area contributed by atoms with Crippen LogP contribution in [-0.2, 0) is 10.0 Å². The lowest BCUT2D eigenvalue weighted by Crippen LogP contribution is -2.23. The first-order chi connectivity index (χ1) is 11.8. The van der Waals surface area contributed by atoms with E-state index in [0.29, 0.717) is 0 Å². The highest BCUT2D eigenvalue weighted by molar-refractivity contribution is 7.92. The van der Waals surface area contributed by atoms with Crippen LogP contribution in [-0.4, -0.2) is 14.0 Å². The second kappa shape index (κ2) is 6.75. The van der Waals surface area contributed by atoms with Gasteiger partial charge in [0.05, 0.1) is 5.69 Å². The van der Waals surface area contributed by atoms with Crippen molar-refractivity contribution in [3.63, 3.8) is 0 Å². The molecule has 0 spiro atoms. The van der Waals surface area contributed by atoms with E-state index in [1.807, 2.05) is 0 Å². The normalized spacial score (nSPS) is 12.2. The lowest BCUT2D eigenvalue weighted by molar-refractivity contribution is 0.131. The number of sulfonamides is 1. The highest BCUT2D eigenvalue weighted by Gasteiger charge is 2.33. The van der Waals surface area contributed by atoms with Gasteiger partial charge in [0, 0.05) is 6.07 Å². The minimum absolute atomic E-state index is 0.185. The van der Waals surface area contributed by atoms with Crippen LogP contribution in [0.25, 0.3) is 0 Å². The molecular weight excluding hydrogens is 381 g/mol. The van der Waals surface area contributed by atoms with E-state index >= 15 is 0 Å². The number of ether oxygens (including phenoxy) is 1. The van der Waals surface area contributed by atoms with Gasteiger partial charge in [0.1, 0.15) is 11.4 Å². The van der Waals surface area contributed by atoms with Gasteiger partial charge in [0.25, 0.3) is 10.0 Å². The highest BCUT2D eigenvalue weighted by atomic mass is 32.2. The fourth-order valence-corrected chi connectivity index (χ4v) is 3.19. The van der Waals surface area contributed by atoms with Gasteiger partial charge in [-0.1, -0.05) is 6.07 Å². The molecule has 0 unspecified atom stereocenters. The molecule has 10 heteroatoms. The van der Waals surface area contributed by atoms with Crippen LogP contribution in [0.3, 0.4) is 0 Å². The third kappa shape index (κ3) is 4.06. The molecule has 2 aromatic carbocycles. The molecule has 0 radical (unpaired) electrons. The molecule has 1 N–H and O–H groups in total. The molecule has 0 fully saturated rings. The van der Waals surface area contributed by atoms with Crippen molar-refractivity contribution in [2.45, 2.75) is 31.3 Å². The summed E-state index contributed by atoms with van der Waals surface area (Å²) >= 11 is 0. The van der Waals surface area contributed by atoms with Crippen LogP contribution in [0, 0.1) is 29.1 Å². The third-order valence-electron chi connectivity index (χ3n) is 2.95. The number of hydrogen-bond donors (Lipinski definition) is 1. The Morgan fingerprint density at radius 1 is 0.885 bits per heavy atom. The predicted octanol–water partition coefficient (Wildman–Crippen LogP) is 4.36. The fourth-order valence-electron chi connectivity index (χ4n) is 2.00. The Bertz CT molecular complexity index is 926. The Balaban J connectivity index is 2.47. The molecule has 0 saturated carbocycles. The third-order valence-corrected chi connectivity index (χ3v) is 4.35. The van der Waals surface area contributed by atoms with Crippen LogP contribution < -0.4 is 9.46 Å². The minimum Gasteiger partial charge on any atom is -0.488 e. The average molecular weight is 395 g/mol. The molecule has 0 amide bonds. The van der Waals surface area contributed by atoms with Crippen molar-refractivity contribution in [3.05, 3.63) is 53.4 Å². The lowest BCUT2D eigenvalue weighted by atomic mass is 10.2. The van der Waals surface area contributed by atoms with Crippen LogP contribution >= 0.6 is 0 Å². The zero-order chi connectivity index (χ0) is 19.9. The largest absolute Gasteiger partial charge is 0.488 e. The Morgan fingerprint density at radius 3 is 1.88 bits per heavy atom. The fraction of sp³-hybridized carbons (Fsp3) is 0.250. The van der Waals surface area contributed by atoms with E-state index in [4.69, 9.17) is 4.74 Å². The van der Waals surface area contributed by atoms with Crippen LogP contribution in [0.4, 0.5) is 27.6 Å². The summed E-state index contributed by atoms with van der Waals surface area (Å²) in [5.74, 6) is -11.8. The molecule has 26 heavy (non-hydrogen) atoms. The first kappa shape index (κ1) is 20.0. The molecule has 0 bridgehead atoms. The van der Waals surface area contributed by atoms with Crippen molar-refractivity contribution >= 4 is 15.7 Å². The molecule has 4 nitrogen and oxygen atoms in total. The number of benzene rings is 2. The molecule has 0 aromatic heterocycles. The average Bonchev–Trinajstić information content (AvgIpc) is 2.49. The predicted molar refractivity (Wildman–Crippen MR) is 83.9 cm³/mol. The van der Waals surface area contributed by atoms with Gasteiger partial charge in [0.2, 0.25) is 5.82 Å². The van der Waals surface area contributed by atoms with Crippen molar-refractivity contribution < 1.29 is 35.1 Å². The molecule has 0 aliphatic heterocycles. The van der Waals surface area contributed by atoms with Crippen molar-refractivity contribution in [3.8, 4) is 5.75 Å². The molecule has 0 saturated heterocycles. The Morgan fingerprint density at radius 2 is 1.38 bits per heavy atom. The van der Waals surface area contributed by atoms with E-state index < -0.39 is 49.6 Å². The highest BCUT2D eigenvalue weighted by Crippen LogP contribution is 2.29. The number of hydrogen-bond acceptors (Lipinski definition) is 3. The second-order valence-corrected chi connectivity index (χ2v) is 7.87. The first-order valence-electron chi connectivity index (χ1n) is 7.17. The summed E-state index contributed by atoms with van der Waals surface area (Å²) in [6.07, 6.45) is 0. The summed E-state index contributed by atoms with van der Waals surface area (Å²) in [5, 5.41) is 0. The van der Waals surface area contributed by atoms with Gasteiger partial charge in [-0.25, -0.2) is 30.4 Å². The van der Waals surface area contributed by atoms with Gasteiger partial charge in [-0.2, -0.15) is 0 Å². The van der Waals surface area contributed by atoms with Gasteiger partial charge in [0.15, 0.2) is 28.2 Å². The van der Waals surface area contributed by atoms with Crippen LogP contribution in [0.1, 0.15) is 20.8 Å². The number of rotatable bonds is 4. The molecule has 0 atom stereocenters. The van der Waals surface area contributed by atoms with Crippen molar-refractivity contribution in [2.24, 2.45) is 0 Å². The SMILES string of the molecule is CC(C)(C)Oc1cccc(NS(=O)(=O)c2c(F)c(F)c(F)c(F)c2F)c1. The minimum atomic E-state index is -5.10. The van der Waals surface area contributed by atoms with Crippen LogP contribution in [0.2, 0.25) is 0 Å². The van der Waals surface area contributed by atoms with E-state index in [-0.39, 0.29) is 11.4 Å². The summed E-state index contributed by atoms with van der Waals surface area (Å²) in [4.78, 5) is -1.96. The quantitative estimate of drug-likeness (QED) is 0.476. The Labute approximate surface area is 146 Å². The molecular formula is C16H14F5NO3S. The standard InChI is InChI=1S/C16H14F5NO3S/c1-16(2,3)25-9-6-4-5-8(7-9)22-26(23,24)15-13(20)11(18)10(17)12(19)14(15)21/h4-7,22H,1-3H3. The number of anilines is 1. The maximum absolute atomic E-state index is 13.7. The molecule has 0 aliphatic rings. The number of halogens is 5. The van der Waals surface area contributed by atoms with Gasteiger partial charge in [-0.15, -0.1) is 0 Å². The van der Waals surface area contributed by atoms with E-state index in [9.17, 15) is 30.4 Å². The summed E-state index contributed by atoms with van der Waals surface area (Å²) in [5.41, 5.74) is -0.797. The maximum atomic E-state index is 13.7. The first-order valence-corrected chi connectivity index (χ1v) is 8.65. The van der Waals surface area contributed by atoms with E-state index in [2.05, 4.69) is 0 Å². The summed E-state index contributed by atoms with van der Waals surface area (Å²) in [6.45, 7) is 5.20. The molecule has 0 aliphatic carbocycles. The summed E-state index contributed by atoms with van der Waals surface area (Å²) < 4.78 is 98.7. The van der Waals surface area contributed by atoms with E-state index in [1.165, 1.54) is 24.3 Å². The molecule has 2 aromatic rings. The van der Waals surface area contributed by atoms with Gasteiger partial charge < -0.3 is 4.74 Å². The molecule has 2 rings (SSSR count). The van der Waals surface area contributed by atoms with E-state index in [1.54, 1.807) is 25.5 Å². The number of nitrogens with one attached hydrogen (secondary N) is 1. The maximum Gasteiger partial charge on any atom is 0.267 e. The van der Waals surface area contributed by atoms with Crippen molar-refractivity contribution in [1.29, 1.82) is 0 Å². The second-order valence-electron chi connectivity index (χ2n) is 6.25. The van der Waals surface area contributed by atoms with Crippen LogP contribution in [0.15, 0.2) is 29.2 Å². The zero-order valence-electron chi connectivity index (χ0n) is 13.8. The van der Waals surface area contributed by atoms with Crippen molar-refractivity contribution in [2.75, 3.05) is 4.72 Å². The monoisotopic (exact) mass is 395 g/mol. The topological polar surface area (TPSA) is 55.4 Å². The molecule has 142 valence electrons. The smallest absolute Gasteiger partial charge is 0.267 e. The Hall–Kier alpha value is -2.36. The summed E-state index contributed by atoms with van der Waals surface area (Å²) in [6, 6.07) is 5.31. The Kier molecular flexibility index (Phi) is 5.18. The summed E-state index contributed by atoms with van der Waals surface area (Å²) in [7, 11) is -5.10. The van der Waals surface area contributed by atoms with Crippen molar-refractivity contribution in [1.82, 2.24) is 0 Å².